The highest BCUT2D eigenvalue weighted by Crippen LogP contribution is 2.41. The first kappa shape index (κ1) is 19.4. The molecule has 1 aliphatic heterocycles. The normalized spacial score (nSPS) is 19.2. The molecule has 7 nitrogen and oxygen atoms in total. The Bertz CT molecular complexity index is 1130. The van der Waals surface area contributed by atoms with E-state index in [2.05, 4.69) is 25.7 Å². The van der Waals surface area contributed by atoms with Crippen molar-refractivity contribution in [2.75, 3.05) is 15.9 Å². The van der Waals surface area contributed by atoms with E-state index < -0.39 is 10.0 Å². The van der Waals surface area contributed by atoms with E-state index in [4.69, 9.17) is 12.2 Å². The second-order valence-corrected chi connectivity index (χ2v) is 9.10. The van der Waals surface area contributed by atoms with Crippen molar-refractivity contribution in [3.05, 3.63) is 78.4 Å². The van der Waals surface area contributed by atoms with Crippen LogP contribution in [-0.2, 0) is 17.1 Å². The third kappa shape index (κ3) is 3.96. The Morgan fingerprint density at radius 1 is 1.10 bits per heavy atom. The number of thiocarbonyl (C=S) groups is 1. The van der Waals surface area contributed by atoms with E-state index in [1.807, 2.05) is 54.5 Å². The molecular formula is C20H21N5O2S2. The van der Waals surface area contributed by atoms with E-state index in [1.54, 1.807) is 18.3 Å². The van der Waals surface area contributed by atoms with Crippen LogP contribution in [0.25, 0.3) is 0 Å². The zero-order valence-electron chi connectivity index (χ0n) is 16.0. The van der Waals surface area contributed by atoms with Gasteiger partial charge in [0, 0.05) is 36.5 Å². The van der Waals surface area contributed by atoms with Gasteiger partial charge in [-0.1, -0.05) is 6.07 Å². The van der Waals surface area contributed by atoms with Crippen LogP contribution in [0.15, 0.2) is 67.0 Å². The summed E-state index contributed by atoms with van der Waals surface area (Å²) in [6.07, 6.45) is 4.91. The van der Waals surface area contributed by atoms with Crippen LogP contribution in [0.3, 0.4) is 0 Å². The molecule has 1 aliphatic rings. The van der Waals surface area contributed by atoms with E-state index in [0.29, 0.717) is 10.8 Å². The van der Waals surface area contributed by atoms with Crippen molar-refractivity contribution >= 4 is 38.7 Å². The van der Waals surface area contributed by atoms with Gasteiger partial charge in [-0.25, -0.2) is 8.42 Å². The number of pyridine rings is 1. The highest BCUT2D eigenvalue weighted by atomic mass is 32.2. The van der Waals surface area contributed by atoms with Gasteiger partial charge in [-0.15, -0.1) is 0 Å². The molecule has 9 heteroatoms. The predicted molar refractivity (Wildman–Crippen MR) is 118 cm³/mol. The van der Waals surface area contributed by atoms with Gasteiger partial charge in [0.05, 0.1) is 18.0 Å². The van der Waals surface area contributed by atoms with Crippen LogP contribution in [0.1, 0.15) is 23.5 Å². The molecule has 1 saturated heterocycles. The smallest absolute Gasteiger partial charge is 0.229 e. The lowest BCUT2D eigenvalue weighted by Crippen LogP contribution is -2.30. The first-order valence-corrected chi connectivity index (χ1v) is 11.3. The average Bonchev–Trinajstić information content (AvgIpc) is 3.24. The minimum atomic E-state index is -3.33. The number of anilines is 2. The van der Waals surface area contributed by atoms with Crippen molar-refractivity contribution in [3.63, 3.8) is 0 Å². The standard InChI is InChI=1S/C20H21N5O2S2/c1-24-13-5-7-17(24)19-18(16-6-3-4-12-21-16)22-20(28)25(19)15-10-8-14(9-11-15)23-29(2,26)27/h3-13,18-19,23H,1-2H3,(H,22,28). The number of nitrogens with one attached hydrogen (secondary N) is 2. The molecule has 1 fully saturated rings. The fraction of sp³-hybridized carbons (Fsp3) is 0.200. The van der Waals surface area contributed by atoms with Crippen LogP contribution >= 0.6 is 12.2 Å². The van der Waals surface area contributed by atoms with Crippen LogP contribution in [0.5, 0.6) is 0 Å². The summed E-state index contributed by atoms with van der Waals surface area (Å²) in [5.41, 5.74) is 3.36. The van der Waals surface area contributed by atoms with Crippen LogP contribution in [0.2, 0.25) is 0 Å². The monoisotopic (exact) mass is 427 g/mol. The van der Waals surface area contributed by atoms with Crippen LogP contribution in [-0.4, -0.2) is 29.3 Å². The quantitative estimate of drug-likeness (QED) is 0.610. The summed E-state index contributed by atoms with van der Waals surface area (Å²) in [6.45, 7) is 0. The van der Waals surface area contributed by atoms with Gasteiger partial charge in [0.2, 0.25) is 10.0 Å². The summed E-state index contributed by atoms with van der Waals surface area (Å²) in [5, 5.41) is 4.00. The molecular weight excluding hydrogens is 406 g/mol. The van der Waals surface area contributed by atoms with E-state index in [-0.39, 0.29) is 12.1 Å². The molecule has 0 radical (unpaired) electrons. The minimum absolute atomic E-state index is 0.105. The highest BCUT2D eigenvalue weighted by Gasteiger charge is 2.41. The first-order valence-electron chi connectivity index (χ1n) is 9.03. The largest absolute Gasteiger partial charge is 0.353 e. The number of aromatic nitrogens is 2. The van der Waals surface area contributed by atoms with Crippen molar-refractivity contribution < 1.29 is 8.42 Å². The molecule has 2 aromatic heterocycles. The molecule has 4 rings (SSSR count). The number of benzene rings is 1. The molecule has 29 heavy (non-hydrogen) atoms. The molecule has 0 spiro atoms. The zero-order chi connectivity index (χ0) is 20.6. The summed E-state index contributed by atoms with van der Waals surface area (Å²) >= 11 is 5.68. The van der Waals surface area contributed by atoms with Crippen LogP contribution < -0.4 is 14.9 Å². The van der Waals surface area contributed by atoms with Gasteiger partial charge < -0.3 is 14.8 Å². The maximum absolute atomic E-state index is 11.5. The highest BCUT2D eigenvalue weighted by molar-refractivity contribution is 7.92. The fourth-order valence-corrected chi connectivity index (χ4v) is 4.53. The van der Waals surface area contributed by atoms with Crippen molar-refractivity contribution in [1.29, 1.82) is 0 Å². The molecule has 0 amide bonds. The van der Waals surface area contributed by atoms with E-state index >= 15 is 0 Å². The summed E-state index contributed by atoms with van der Waals surface area (Å²) in [4.78, 5) is 6.58. The number of hydrogen-bond donors (Lipinski definition) is 2. The third-order valence-electron chi connectivity index (χ3n) is 4.83. The Morgan fingerprint density at radius 3 is 2.45 bits per heavy atom. The van der Waals surface area contributed by atoms with Crippen molar-refractivity contribution in [2.24, 2.45) is 7.05 Å². The maximum atomic E-state index is 11.5. The number of rotatable bonds is 5. The Morgan fingerprint density at radius 2 is 1.86 bits per heavy atom. The van der Waals surface area contributed by atoms with Gasteiger partial charge in [0.15, 0.2) is 5.11 Å². The molecule has 2 N–H and O–H groups in total. The van der Waals surface area contributed by atoms with Gasteiger partial charge in [0.25, 0.3) is 0 Å². The Balaban J connectivity index is 1.75. The molecule has 3 heterocycles. The van der Waals surface area contributed by atoms with Crippen LogP contribution in [0, 0.1) is 0 Å². The van der Waals surface area contributed by atoms with Crippen LogP contribution in [0.4, 0.5) is 11.4 Å². The van der Waals surface area contributed by atoms with E-state index in [1.165, 1.54) is 0 Å². The van der Waals surface area contributed by atoms with Crippen molar-refractivity contribution in [3.8, 4) is 0 Å². The second kappa shape index (κ2) is 7.49. The van der Waals surface area contributed by atoms with E-state index in [0.717, 1.165) is 23.3 Å². The molecule has 2 unspecified atom stereocenters. The summed E-state index contributed by atoms with van der Waals surface area (Å²) in [5.74, 6) is 0. The number of nitrogens with zero attached hydrogens (tertiary/aromatic N) is 3. The fourth-order valence-electron chi connectivity index (χ4n) is 3.62. The lowest BCUT2D eigenvalue weighted by Gasteiger charge is -2.28. The van der Waals surface area contributed by atoms with Gasteiger partial charge in [-0.3, -0.25) is 9.71 Å². The molecule has 0 bridgehead atoms. The number of sulfonamides is 1. The summed E-state index contributed by atoms with van der Waals surface area (Å²) in [6, 6.07) is 16.9. The SMILES string of the molecule is Cn1cccc1C1C(c2ccccn2)NC(=S)N1c1ccc(NS(C)(=O)=O)cc1. The molecule has 0 aliphatic carbocycles. The van der Waals surface area contributed by atoms with Gasteiger partial charge in [-0.2, -0.15) is 0 Å². The summed E-state index contributed by atoms with van der Waals surface area (Å²) in [7, 11) is -1.33. The average molecular weight is 428 g/mol. The van der Waals surface area contributed by atoms with Gasteiger partial charge >= 0.3 is 0 Å². The lowest BCUT2D eigenvalue weighted by molar-refractivity contribution is 0.541. The molecule has 150 valence electrons. The summed E-state index contributed by atoms with van der Waals surface area (Å²) < 4.78 is 27.5. The molecule has 1 aromatic carbocycles. The topological polar surface area (TPSA) is 79.3 Å². The third-order valence-corrected chi connectivity index (χ3v) is 5.75. The van der Waals surface area contributed by atoms with E-state index in [9.17, 15) is 8.42 Å². The van der Waals surface area contributed by atoms with Gasteiger partial charge in [0.1, 0.15) is 6.04 Å². The molecule has 2 atom stereocenters. The van der Waals surface area contributed by atoms with Crippen molar-refractivity contribution in [1.82, 2.24) is 14.9 Å². The minimum Gasteiger partial charge on any atom is -0.353 e. The number of hydrogen-bond acceptors (Lipinski definition) is 4. The Labute approximate surface area is 175 Å². The Hall–Kier alpha value is -2.91. The predicted octanol–water partition coefficient (Wildman–Crippen LogP) is 2.97. The first-order chi connectivity index (χ1) is 13.8. The van der Waals surface area contributed by atoms with Crippen molar-refractivity contribution in [2.45, 2.75) is 12.1 Å². The number of aryl methyl sites for hydroxylation is 1. The lowest BCUT2D eigenvalue weighted by atomic mass is 10.0. The van der Waals surface area contributed by atoms with Gasteiger partial charge in [-0.05, 0) is 60.7 Å². The molecule has 0 saturated carbocycles. The second-order valence-electron chi connectivity index (χ2n) is 6.96. The Kier molecular flexibility index (Phi) is 5.01. The maximum Gasteiger partial charge on any atom is 0.229 e. The molecule has 3 aromatic rings. The zero-order valence-corrected chi connectivity index (χ0v) is 17.6.